The van der Waals surface area contributed by atoms with Gasteiger partial charge in [-0.25, -0.2) is 0 Å². The fraction of sp³-hybridized carbons (Fsp3) is 0.0909. The quantitative estimate of drug-likeness (QED) is 0.497. The van der Waals surface area contributed by atoms with Crippen molar-refractivity contribution in [2.24, 2.45) is 0 Å². The molecule has 2 N–H and O–H groups in total. The number of hydrogen-bond donors (Lipinski definition) is 2. The van der Waals surface area contributed by atoms with Crippen molar-refractivity contribution in [3.05, 3.63) is 81.8 Å². The van der Waals surface area contributed by atoms with Crippen molar-refractivity contribution in [1.29, 1.82) is 21.0 Å². The standard InChI is InChI=1S/C6H2Cl2O4.2C6H4N2.2C2H3N/c7-1-3(9)5(11)2(8)6(12)4(1)10;2*7-4-6-2-1-3-8-5-6;2*1-2-3/h9,12H;2*1-3,5H;2*1H3. The molecule has 0 aliphatic heterocycles. The maximum Gasteiger partial charge on any atom is 0.244 e. The Balaban J connectivity index is 0. The van der Waals surface area contributed by atoms with Crippen LogP contribution < -0.4 is 0 Å². The summed E-state index contributed by atoms with van der Waals surface area (Å²) in [5, 5.41) is 47.4. The normalized spacial score (nSPS) is 10.9. The zero-order valence-corrected chi connectivity index (χ0v) is 19.3. The number of aromatic nitrogens is 2. The number of hydrogen-bond acceptors (Lipinski definition) is 10. The van der Waals surface area contributed by atoms with Crippen LogP contribution in [-0.4, -0.2) is 31.7 Å². The predicted octanol–water partition coefficient (Wildman–Crippen LogP) is 4.12. The van der Waals surface area contributed by atoms with E-state index in [1.54, 1.807) is 48.8 Å². The van der Waals surface area contributed by atoms with Gasteiger partial charge in [-0.15, -0.1) is 0 Å². The third-order valence-electron chi connectivity index (χ3n) is 2.83. The zero-order valence-electron chi connectivity index (χ0n) is 17.8. The van der Waals surface area contributed by atoms with Gasteiger partial charge < -0.3 is 10.2 Å². The molecule has 2 heterocycles. The molecule has 0 amide bonds. The summed E-state index contributed by atoms with van der Waals surface area (Å²) in [6.07, 6.45) is 6.34. The van der Waals surface area contributed by atoms with E-state index in [-0.39, 0.29) is 0 Å². The Labute approximate surface area is 205 Å². The molecule has 0 unspecified atom stereocenters. The minimum atomic E-state index is -1.06. The average Bonchev–Trinajstić information content (AvgIpc) is 2.88. The van der Waals surface area contributed by atoms with Crippen molar-refractivity contribution < 1.29 is 19.8 Å². The summed E-state index contributed by atoms with van der Waals surface area (Å²) in [4.78, 5) is 29.1. The van der Waals surface area contributed by atoms with Gasteiger partial charge in [-0.1, -0.05) is 23.2 Å². The lowest BCUT2D eigenvalue weighted by Crippen LogP contribution is -2.19. The first-order valence-electron chi connectivity index (χ1n) is 8.65. The number of nitriles is 4. The fourth-order valence-corrected chi connectivity index (χ4v) is 1.83. The first-order chi connectivity index (χ1) is 16.2. The van der Waals surface area contributed by atoms with Gasteiger partial charge in [-0.05, 0) is 24.3 Å². The Morgan fingerprint density at radius 1 is 0.735 bits per heavy atom. The second kappa shape index (κ2) is 19.0. The number of Topliss-reactive ketones (excluding diaryl/α,β-unsaturated/α-hetero) is 2. The van der Waals surface area contributed by atoms with Crippen LogP contribution in [0.1, 0.15) is 25.0 Å². The number of halogens is 2. The second-order valence-electron chi connectivity index (χ2n) is 5.14. The fourth-order valence-electron chi connectivity index (χ4n) is 1.48. The van der Waals surface area contributed by atoms with Gasteiger partial charge in [-0.3, -0.25) is 19.6 Å². The topological polar surface area (TPSA) is 196 Å². The molecule has 10 nitrogen and oxygen atoms in total. The minimum Gasteiger partial charge on any atom is -0.503 e. The molecule has 3 rings (SSSR count). The highest BCUT2D eigenvalue weighted by molar-refractivity contribution is 6.55. The van der Waals surface area contributed by atoms with Crippen LogP contribution in [0.25, 0.3) is 0 Å². The molecule has 1 aliphatic carbocycles. The lowest BCUT2D eigenvalue weighted by Gasteiger charge is -2.08. The molecular weight excluding hydrogens is 483 g/mol. The molecule has 0 bridgehead atoms. The molecule has 0 saturated heterocycles. The molecule has 0 atom stereocenters. The van der Waals surface area contributed by atoms with Gasteiger partial charge in [0.15, 0.2) is 11.5 Å². The van der Waals surface area contributed by atoms with Crippen LogP contribution in [0.3, 0.4) is 0 Å². The molecule has 2 aromatic rings. The van der Waals surface area contributed by atoms with E-state index in [0.717, 1.165) is 0 Å². The predicted molar refractivity (Wildman–Crippen MR) is 122 cm³/mol. The van der Waals surface area contributed by atoms with Gasteiger partial charge in [0, 0.05) is 38.6 Å². The van der Waals surface area contributed by atoms with Crippen molar-refractivity contribution in [3.63, 3.8) is 0 Å². The van der Waals surface area contributed by atoms with Crippen molar-refractivity contribution >= 4 is 34.8 Å². The summed E-state index contributed by atoms with van der Waals surface area (Å²) in [5.41, 5.74) is 1.21. The highest BCUT2D eigenvalue weighted by atomic mass is 35.5. The molecule has 0 saturated carbocycles. The van der Waals surface area contributed by atoms with Crippen molar-refractivity contribution in [2.75, 3.05) is 0 Å². The van der Waals surface area contributed by atoms with Crippen LogP contribution in [0.15, 0.2) is 70.6 Å². The molecule has 172 valence electrons. The van der Waals surface area contributed by atoms with Crippen LogP contribution in [0.4, 0.5) is 0 Å². The van der Waals surface area contributed by atoms with Gasteiger partial charge in [0.25, 0.3) is 0 Å². The lowest BCUT2D eigenvalue weighted by molar-refractivity contribution is -0.119. The third kappa shape index (κ3) is 12.2. The summed E-state index contributed by atoms with van der Waals surface area (Å²) in [7, 11) is 0. The number of nitrogens with zero attached hydrogens (tertiary/aromatic N) is 6. The molecule has 0 radical (unpaired) electrons. The Morgan fingerprint density at radius 3 is 1.21 bits per heavy atom. The Bertz CT molecular complexity index is 1060. The number of ketones is 2. The molecule has 34 heavy (non-hydrogen) atoms. The molecule has 0 fully saturated rings. The summed E-state index contributed by atoms with van der Waals surface area (Å²) in [6.45, 7) is 2.86. The highest BCUT2D eigenvalue weighted by Crippen LogP contribution is 2.26. The molecule has 2 aromatic heterocycles. The SMILES string of the molecule is CC#N.CC#N.N#Cc1cccnc1.N#Cc1cccnc1.O=C1C(O)=C(Cl)C(=O)C(O)=C1Cl. The van der Waals surface area contributed by atoms with E-state index >= 15 is 0 Å². The molecule has 0 spiro atoms. The van der Waals surface area contributed by atoms with E-state index in [9.17, 15) is 9.59 Å². The maximum atomic E-state index is 10.8. The van der Waals surface area contributed by atoms with Gasteiger partial charge in [0.05, 0.1) is 23.3 Å². The first kappa shape index (κ1) is 31.4. The van der Waals surface area contributed by atoms with E-state index in [1.165, 1.54) is 26.2 Å². The van der Waals surface area contributed by atoms with Crippen LogP contribution in [0.5, 0.6) is 0 Å². The lowest BCUT2D eigenvalue weighted by atomic mass is 10.1. The number of allylic oxidation sites excluding steroid dienone is 2. The van der Waals surface area contributed by atoms with Crippen LogP contribution in [0.2, 0.25) is 0 Å². The summed E-state index contributed by atoms with van der Waals surface area (Å²) < 4.78 is 0. The third-order valence-corrected chi connectivity index (χ3v) is 3.53. The van der Waals surface area contributed by atoms with E-state index in [4.69, 9.17) is 54.5 Å². The number of aliphatic hydroxyl groups is 2. The van der Waals surface area contributed by atoms with E-state index in [2.05, 4.69) is 9.97 Å². The van der Waals surface area contributed by atoms with Gasteiger partial charge in [0.2, 0.25) is 11.6 Å². The monoisotopic (exact) mass is 498 g/mol. The molecule has 12 heteroatoms. The summed E-state index contributed by atoms with van der Waals surface area (Å²) in [5.74, 6) is -3.99. The first-order valence-corrected chi connectivity index (χ1v) is 9.40. The van der Waals surface area contributed by atoms with E-state index in [0.29, 0.717) is 11.1 Å². The Hall–Kier alpha value is -4.74. The summed E-state index contributed by atoms with van der Waals surface area (Å²) in [6, 6.07) is 14.3. The van der Waals surface area contributed by atoms with Gasteiger partial charge in [0.1, 0.15) is 22.2 Å². The highest BCUT2D eigenvalue weighted by Gasteiger charge is 2.32. The number of aliphatic hydroxyl groups excluding tert-OH is 2. The van der Waals surface area contributed by atoms with Gasteiger partial charge in [-0.2, -0.15) is 21.0 Å². The van der Waals surface area contributed by atoms with Crippen LogP contribution in [0, 0.1) is 45.3 Å². The number of pyridine rings is 2. The second-order valence-corrected chi connectivity index (χ2v) is 5.89. The maximum absolute atomic E-state index is 10.8. The molecule has 1 aliphatic rings. The molecule has 0 aromatic carbocycles. The number of carbonyl (C=O) groups is 2. The minimum absolute atomic E-state index is 0.604. The smallest absolute Gasteiger partial charge is 0.244 e. The summed E-state index contributed by atoms with van der Waals surface area (Å²) >= 11 is 10.4. The molecular formula is C22H16Cl2N6O4. The Morgan fingerprint density at radius 2 is 1.03 bits per heavy atom. The average molecular weight is 499 g/mol. The van der Waals surface area contributed by atoms with Crippen LogP contribution in [-0.2, 0) is 9.59 Å². The van der Waals surface area contributed by atoms with Crippen molar-refractivity contribution in [3.8, 4) is 24.3 Å². The largest absolute Gasteiger partial charge is 0.503 e. The zero-order chi connectivity index (χ0) is 26.5. The van der Waals surface area contributed by atoms with Crippen LogP contribution >= 0.6 is 23.2 Å². The van der Waals surface area contributed by atoms with Crippen molar-refractivity contribution in [2.45, 2.75) is 13.8 Å². The van der Waals surface area contributed by atoms with E-state index < -0.39 is 33.1 Å². The van der Waals surface area contributed by atoms with E-state index in [1.807, 2.05) is 12.1 Å². The van der Waals surface area contributed by atoms with Crippen molar-refractivity contribution in [1.82, 2.24) is 9.97 Å². The Kier molecular flexibility index (Phi) is 17.6. The number of carbonyl (C=O) groups excluding carboxylic acids is 2. The van der Waals surface area contributed by atoms with Gasteiger partial charge >= 0.3 is 0 Å². The number of rotatable bonds is 0.